The maximum Gasteiger partial charge on any atom is 0.249 e. The average Bonchev–Trinajstić information content (AvgIpc) is 2.94. The fourth-order valence-electron chi connectivity index (χ4n) is 2.02. The Labute approximate surface area is 117 Å². The minimum absolute atomic E-state index is 0.0644. The lowest BCUT2D eigenvalue weighted by Gasteiger charge is -2.19. The summed E-state index contributed by atoms with van der Waals surface area (Å²) in [6.45, 7) is 1.41. The SMILES string of the molecule is COC1CCN(c2snc(N)c2S(=O)(=O)N(C)C)C1. The molecular weight excluding hydrogens is 288 g/mol. The van der Waals surface area contributed by atoms with Gasteiger partial charge in [0.2, 0.25) is 10.0 Å². The number of nitrogens with zero attached hydrogens (tertiary/aromatic N) is 3. The van der Waals surface area contributed by atoms with E-state index in [1.54, 1.807) is 7.11 Å². The highest BCUT2D eigenvalue weighted by Crippen LogP contribution is 2.37. The molecule has 1 atom stereocenters. The highest BCUT2D eigenvalue weighted by molar-refractivity contribution is 7.89. The van der Waals surface area contributed by atoms with Crippen LogP contribution in [0.2, 0.25) is 0 Å². The molecule has 0 aliphatic carbocycles. The molecule has 0 saturated carbocycles. The summed E-state index contributed by atoms with van der Waals surface area (Å²) < 4.78 is 35.0. The molecule has 0 aromatic carbocycles. The van der Waals surface area contributed by atoms with Crippen LogP contribution in [0.15, 0.2) is 4.90 Å². The van der Waals surface area contributed by atoms with E-state index in [4.69, 9.17) is 10.5 Å². The van der Waals surface area contributed by atoms with Gasteiger partial charge in [-0.3, -0.25) is 0 Å². The predicted molar refractivity (Wildman–Crippen MR) is 75.0 cm³/mol. The Morgan fingerprint density at radius 2 is 2.21 bits per heavy atom. The number of rotatable bonds is 4. The smallest absolute Gasteiger partial charge is 0.249 e. The van der Waals surface area contributed by atoms with Crippen molar-refractivity contribution in [2.45, 2.75) is 17.4 Å². The van der Waals surface area contributed by atoms with E-state index >= 15 is 0 Å². The number of ether oxygens (including phenoxy) is 1. The Hall–Kier alpha value is -0.900. The first-order valence-electron chi connectivity index (χ1n) is 5.83. The van der Waals surface area contributed by atoms with Crippen molar-refractivity contribution < 1.29 is 13.2 Å². The summed E-state index contributed by atoms with van der Waals surface area (Å²) in [5, 5.41) is 0.603. The van der Waals surface area contributed by atoms with E-state index in [0.29, 0.717) is 11.5 Å². The molecule has 1 aromatic heterocycles. The third-order valence-electron chi connectivity index (χ3n) is 3.16. The zero-order valence-electron chi connectivity index (χ0n) is 11.2. The van der Waals surface area contributed by atoms with Crippen molar-refractivity contribution in [2.24, 2.45) is 0 Å². The Bertz CT molecular complexity index is 555. The van der Waals surface area contributed by atoms with Gasteiger partial charge in [0.1, 0.15) is 5.00 Å². The van der Waals surface area contributed by atoms with Gasteiger partial charge in [0.15, 0.2) is 10.7 Å². The summed E-state index contributed by atoms with van der Waals surface area (Å²) in [4.78, 5) is 2.08. The van der Waals surface area contributed by atoms with Crippen molar-refractivity contribution in [1.29, 1.82) is 0 Å². The second-order valence-corrected chi connectivity index (χ2v) is 7.42. The highest BCUT2D eigenvalue weighted by atomic mass is 32.2. The average molecular weight is 306 g/mol. The summed E-state index contributed by atoms with van der Waals surface area (Å²) in [7, 11) is 1.05. The van der Waals surface area contributed by atoms with E-state index in [2.05, 4.69) is 4.37 Å². The third kappa shape index (κ3) is 2.55. The van der Waals surface area contributed by atoms with Crippen molar-refractivity contribution >= 4 is 32.4 Å². The Morgan fingerprint density at radius 1 is 1.53 bits per heavy atom. The van der Waals surface area contributed by atoms with Gasteiger partial charge in [-0.1, -0.05) is 0 Å². The maximum absolute atomic E-state index is 12.3. The molecule has 1 saturated heterocycles. The molecule has 0 radical (unpaired) electrons. The minimum atomic E-state index is -3.58. The Kier molecular flexibility index (Phi) is 4.00. The number of methoxy groups -OCH3 is 1. The lowest BCUT2D eigenvalue weighted by Crippen LogP contribution is -2.27. The standard InChI is InChI=1S/C10H18N4O3S2/c1-13(2)19(15,16)8-9(11)12-18-10(8)14-5-4-7(6-14)17-3/h7H,4-6H2,1-3H3,(H2,11,12). The van der Waals surface area contributed by atoms with Gasteiger partial charge < -0.3 is 15.4 Å². The molecule has 108 valence electrons. The fourth-order valence-corrected chi connectivity index (χ4v) is 4.27. The molecule has 0 spiro atoms. The van der Waals surface area contributed by atoms with Crippen LogP contribution in [-0.4, -0.2) is 57.5 Å². The van der Waals surface area contributed by atoms with Crippen molar-refractivity contribution in [3.05, 3.63) is 0 Å². The van der Waals surface area contributed by atoms with Gasteiger partial charge >= 0.3 is 0 Å². The van der Waals surface area contributed by atoms with Gasteiger partial charge in [0, 0.05) is 34.3 Å². The normalized spacial score (nSPS) is 20.4. The Balaban J connectivity index is 2.39. The fraction of sp³-hybridized carbons (Fsp3) is 0.700. The largest absolute Gasteiger partial charge is 0.382 e. The summed E-state index contributed by atoms with van der Waals surface area (Å²) in [6, 6.07) is 0. The van der Waals surface area contributed by atoms with Crippen LogP contribution >= 0.6 is 11.5 Å². The van der Waals surface area contributed by atoms with Crippen LogP contribution in [0.1, 0.15) is 6.42 Å². The second kappa shape index (κ2) is 5.23. The molecule has 1 aliphatic rings. The molecule has 1 unspecified atom stereocenters. The molecule has 1 aliphatic heterocycles. The number of hydrogen-bond donors (Lipinski definition) is 1. The van der Waals surface area contributed by atoms with E-state index in [1.165, 1.54) is 14.1 Å². The topological polar surface area (TPSA) is 88.8 Å². The molecule has 19 heavy (non-hydrogen) atoms. The van der Waals surface area contributed by atoms with Gasteiger partial charge in [-0.15, -0.1) is 0 Å². The van der Waals surface area contributed by atoms with Crippen LogP contribution in [0, 0.1) is 0 Å². The number of nitrogens with two attached hydrogens (primary N) is 1. The van der Waals surface area contributed by atoms with E-state index in [9.17, 15) is 8.42 Å². The lowest BCUT2D eigenvalue weighted by atomic mass is 10.3. The highest BCUT2D eigenvalue weighted by Gasteiger charge is 2.33. The molecule has 2 rings (SSSR count). The molecule has 2 heterocycles. The molecule has 0 amide bonds. The van der Waals surface area contributed by atoms with Gasteiger partial charge in [0.25, 0.3) is 0 Å². The van der Waals surface area contributed by atoms with Gasteiger partial charge in [-0.05, 0) is 18.0 Å². The monoisotopic (exact) mass is 306 g/mol. The maximum atomic E-state index is 12.3. The van der Waals surface area contributed by atoms with Crippen LogP contribution in [0.3, 0.4) is 0 Å². The molecular formula is C10H18N4O3S2. The van der Waals surface area contributed by atoms with Crippen LogP contribution in [0.5, 0.6) is 0 Å². The van der Waals surface area contributed by atoms with E-state index in [1.807, 2.05) is 4.90 Å². The van der Waals surface area contributed by atoms with Crippen LogP contribution in [0.4, 0.5) is 10.8 Å². The number of sulfonamides is 1. The zero-order chi connectivity index (χ0) is 14.2. The van der Waals surface area contributed by atoms with Crippen LogP contribution < -0.4 is 10.6 Å². The quantitative estimate of drug-likeness (QED) is 0.855. The van der Waals surface area contributed by atoms with Crippen molar-refractivity contribution in [2.75, 3.05) is 44.9 Å². The molecule has 7 nitrogen and oxygen atoms in total. The summed E-state index contributed by atoms with van der Waals surface area (Å²) in [6.07, 6.45) is 0.994. The first kappa shape index (κ1) is 14.5. The summed E-state index contributed by atoms with van der Waals surface area (Å²) in [5.41, 5.74) is 5.74. The van der Waals surface area contributed by atoms with E-state index < -0.39 is 10.0 Å². The number of anilines is 2. The van der Waals surface area contributed by atoms with Gasteiger partial charge in [-0.25, -0.2) is 12.7 Å². The minimum Gasteiger partial charge on any atom is -0.382 e. The molecule has 2 N–H and O–H groups in total. The second-order valence-electron chi connectivity index (χ2n) is 4.58. The van der Waals surface area contributed by atoms with Gasteiger partial charge in [0.05, 0.1) is 6.10 Å². The van der Waals surface area contributed by atoms with E-state index in [-0.39, 0.29) is 16.8 Å². The third-order valence-corrected chi connectivity index (χ3v) is 6.09. The zero-order valence-corrected chi connectivity index (χ0v) is 12.8. The van der Waals surface area contributed by atoms with Crippen molar-refractivity contribution in [3.63, 3.8) is 0 Å². The molecule has 1 aromatic rings. The first-order valence-corrected chi connectivity index (χ1v) is 8.04. The Morgan fingerprint density at radius 3 is 2.74 bits per heavy atom. The number of nitrogen functional groups attached to an aromatic ring is 1. The summed E-state index contributed by atoms with van der Waals surface area (Å²) >= 11 is 1.12. The molecule has 1 fully saturated rings. The van der Waals surface area contributed by atoms with Crippen LogP contribution in [-0.2, 0) is 14.8 Å². The van der Waals surface area contributed by atoms with Crippen molar-refractivity contribution in [1.82, 2.24) is 8.68 Å². The van der Waals surface area contributed by atoms with Crippen LogP contribution in [0.25, 0.3) is 0 Å². The molecule has 0 bridgehead atoms. The van der Waals surface area contributed by atoms with Gasteiger partial charge in [-0.2, -0.15) is 4.37 Å². The predicted octanol–water partition coefficient (Wildman–Crippen LogP) is 0.201. The number of hydrogen-bond acceptors (Lipinski definition) is 7. The molecule has 9 heteroatoms. The number of aromatic nitrogens is 1. The lowest BCUT2D eigenvalue weighted by molar-refractivity contribution is 0.121. The van der Waals surface area contributed by atoms with E-state index in [0.717, 1.165) is 28.8 Å². The van der Waals surface area contributed by atoms with Crippen molar-refractivity contribution in [3.8, 4) is 0 Å². The first-order chi connectivity index (χ1) is 8.87. The summed E-state index contributed by atoms with van der Waals surface area (Å²) in [5.74, 6) is 0.0644.